The number of benzene rings is 1. The zero-order valence-corrected chi connectivity index (χ0v) is 13.2. The van der Waals surface area contributed by atoms with Gasteiger partial charge in [-0.2, -0.15) is 0 Å². The van der Waals surface area contributed by atoms with Crippen LogP contribution in [-0.2, 0) is 0 Å². The topological polar surface area (TPSA) is 69.8 Å². The number of aromatic nitrogens is 2. The molecule has 0 bridgehead atoms. The molecule has 2 heterocycles. The first kappa shape index (κ1) is 15.0. The Morgan fingerprint density at radius 2 is 1.96 bits per heavy atom. The van der Waals surface area contributed by atoms with E-state index in [0.717, 1.165) is 22.6 Å². The quantitative estimate of drug-likeness (QED) is 0.698. The predicted octanol–water partition coefficient (Wildman–Crippen LogP) is 2.46. The normalized spacial score (nSPS) is 11.9. The molecule has 0 N–H and O–H groups in total. The van der Waals surface area contributed by atoms with E-state index in [4.69, 9.17) is 0 Å². The first-order valence-electron chi connectivity index (χ1n) is 7.28. The first-order chi connectivity index (χ1) is 11.0. The standard InChI is InChI=1S/C18H17N3O2/c1-11-8-9-21-16(10-11)20-13(3)17(21)12(2)19-15-7-5-4-6-14(15)18(22)23/h4-10H,1-3H3,(H,22,23)/p-1. The van der Waals surface area contributed by atoms with Crippen LogP contribution in [0.5, 0.6) is 0 Å². The molecule has 0 aliphatic carbocycles. The zero-order chi connectivity index (χ0) is 16.6. The van der Waals surface area contributed by atoms with Gasteiger partial charge in [0.05, 0.1) is 28.8 Å². The van der Waals surface area contributed by atoms with E-state index in [1.807, 2.05) is 43.5 Å². The number of rotatable bonds is 3. The van der Waals surface area contributed by atoms with E-state index in [1.54, 1.807) is 18.2 Å². The third-order valence-electron chi connectivity index (χ3n) is 3.71. The number of imidazole rings is 1. The molecule has 3 aromatic rings. The molecule has 1 aromatic carbocycles. The number of aryl methyl sites for hydroxylation is 2. The fourth-order valence-corrected chi connectivity index (χ4v) is 2.68. The Balaban J connectivity index is 2.16. The van der Waals surface area contributed by atoms with Gasteiger partial charge in [-0.15, -0.1) is 0 Å². The Hall–Kier alpha value is -2.95. The molecule has 5 heteroatoms. The Kier molecular flexibility index (Phi) is 3.70. The largest absolute Gasteiger partial charge is 0.545 e. The highest BCUT2D eigenvalue weighted by Gasteiger charge is 2.12. The number of hydrogen-bond donors (Lipinski definition) is 0. The number of carboxylic acid groups (broad SMARTS) is 1. The number of pyridine rings is 1. The van der Waals surface area contributed by atoms with Crippen molar-refractivity contribution in [3.8, 4) is 0 Å². The number of aliphatic imine (C=N–C) groups is 1. The second-order valence-corrected chi connectivity index (χ2v) is 5.48. The molecule has 0 unspecified atom stereocenters. The molecule has 0 spiro atoms. The second-order valence-electron chi connectivity index (χ2n) is 5.48. The summed E-state index contributed by atoms with van der Waals surface area (Å²) in [6, 6.07) is 10.6. The van der Waals surface area contributed by atoms with Gasteiger partial charge in [-0.1, -0.05) is 18.2 Å². The monoisotopic (exact) mass is 306 g/mol. The van der Waals surface area contributed by atoms with Gasteiger partial charge in [0, 0.05) is 11.8 Å². The van der Waals surface area contributed by atoms with E-state index in [-0.39, 0.29) is 5.56 Å². The summed E-state index contributed by atoms with van der Waals surface area (Å²) >= 11 is 0. The van der Waals surface area contributed by atoms with Crippen LogP contribution in [0.4, 0.5) is 5.69 Å². The van der Waals surface area contributed by atoms with Gasteiger partial charge in [-0.25, -0.2) is 4.98 Å². The van der Waals surface area contributed by atoms with Gasteiger partial charge < -0.3 is 9.90 Å². The fourth-order valence-electron chi connectivity index (χ4n) is 2.68. The summed E-state index contributed by atoms with van der Waals surface area (Å²) in [5.74, 6) is -1.23. The van der Waals surface area contributed by atoms with E-state index in [0.29, 0.717) is 11.4 Å². The van der Waals surface area contributed by atoms with Crippen LogP contribution in [0.15, 0.2) is 47.6 Å². The molecule has 0 aliphatic heterocycles. The Labute approximate surface area is 134 Å². The lowest BCUT2D eigenvalue weighted by atomic mass is 10.1. The van der Waals surface area contributed by atoms with Gasteiger partial charge in [0.1, 0.15) is 5.65 Å². The highest BCUT2D eigenvalue weighted by molar-refractivity contribution is 6.02. The average molecular weight is 306 g/mol. The van der Waals surface area contributed by atoms with Crippen molar-refractivity contribution in [2.45, 2.75) is 20.8 Å². The van der Waals surface area contributed by atoms with Crippen LogP contribution in [0.2, 0.25) is 0 Å². The molecule has 23 heavy (non-hydrogen) atoms. The van der Waals surface area contributed by atoms with Crippen LogP contribution in [0.3, 0.4) is 0 Å². The number of hydrogen-bond acceptors (Lipinski definition) is 4. The van der Waals surface area contributed by atoms with Gasteiger partial charge in [0.15, 0.2) is 0 Å². The van der Waals surface area contributed by atoms with Gasteiger partial charge in [0.25, 0.3) is 0 Å². The SMILES string of the molecule is CC(=Nc1ccccc1C(=O)[O-])c1c(C)nc2cc(C)ccn12. The average Bonchev–Trinajstić information content (AvgIpc) is 2.82. The fraction of sp³-hybridized carbons (Fsp3) is 0.167. The zero-order valence-electron chi connectivity index (χ0n) is 13.2. The van der Waals surface area contributed by atoms with Crippen LogP contribution >= 0.6 is 0 Å². The number of carboxylic acids is 1. The molecule has 5 nitrogen and oxygen atoms in total. The highest BCUT2D eigenvalue weighted by atomic mass is 16.4. The maximum atomic E-state index is 11.2. The van der Waals surface area contributed by atoms with Gasteiger partial charge in [-0.05, 0) is 44.5 Å². The van der Waals surface area contributed by atoms with Crippen molar-refractivity contribution >= 4 is 23.0 Å². The van der Waals surface area contributed by atoms with Crippen LogP contribution < -0.4 is 5.11 Å². The molecule has 0 aliphatic rings. The third kappa shape index (κ3) is 2.73. The van der Waals surface area contributed by atoms with Crippen LogP contribution in [0.25, 0.3) is 5.65 Å². The Morgan fingerprint density at radius 3 is 2.70 bits per heavy atom. The summed E-state index contributed by atoms with van der Waals surface area (Å²) in [6.07, 6.45) is 1.95. The molecular weight excluding hydrogens is 290 g/mol. The molecule has 3 rings (SSSR count). The summed E-state index contributed by atoms with van der Waals surface area (Å²) in [5.41, 5.74) is 4.86. The molecule has 116 valence electrons. The van der Waals surface area contributed by atoms with Crippen molar-refractivity contribution in [1.29, 1.82) is 0 Å². The van der Waals surface area contributed by atoms with Crippen molar-refractivity contribution in [1.82, 2.24) is 9.38 Å². The van der Waals surface area contributed by atoms with Crippen LogP contribution in [0.1, 0.15) is 34.2 Å². The minimum absolute atomic E-state index is 0.0779. The van der Waals surface area contributed by atoms with Gasteiger partial charge in [-0.3, -0.25) is 9.39 Å². The van der Waals surface area contributed by atoms with Crippen LogP contribution in [0, 0.1) is 13.8 Å². The summed E-state index contributed by atoms with van der Waals surface area (Å²) in [5, 5.41) is 11.2. The maximum absolute atomic E-state index is 11.2. The number of nitrogens with zero attached hydrogens (tertiary/aromatic N) is 3. The predicted molar refractivity (Wildman–Crippen MR) is 87.3 cm³/mol. The molecular formula is C18H16N3O2-. The van der Waals surface area contributed by atoms with E-state index < -0.39 is 5.97 Å². The van der Waals surface area contributed by atoms with Crippen molar-refractivity contribution < 1.29 is 9.90 Å². The molecule has 2 aromatic heterocycles. The molecule has 0 saturated carbocycles. The summed E-state index contributed by atoms with van der Waals surface area (Å²) in [7, 11) is 0. The number of fused-ring (bicyclic) bond motifs is 1. The molecule has 0 saturated heterocycles. The van der Waals surface area contributed by atoms with E-state index in [2.05, 4.69) is 9.98 Å². The van der Waals surface area contributed by atoms with Gasteiger partial charge in [0.2, 0.25) is 0 Å². The Bertz CT molecular complexity index is 939. The minimum Gasteiger partial charge on any atom is -0.545 e. The maximum Gasteiger partial charge on any atom is 0.137 e. The molecule has 0 fully saturated rings. The second kappa shape index (κ2) is 5.68. The molecule has 0 amide bonds. The molecule has 0 radical (unpaired) electrons. The van der Waals surface area contributed by atoms with Crippen molar-refractivity contribution in [2.24, 2.45) is 4.99 Å². The number of aromatic carboxylic acids is 1. The smallest absolute Gasteiger partial charge is 0.137 e. The van der Waals surface area contributed by atoms with E-state index in [9.17, 15) is 9.90 Å². The van der Waals surface area contributed by atoms with Crippen molar-refractivity contribution in [2.75, 3.05) is 0 Å². The van der Waals surface area contributed by atoms with Crippen molar-refractivity contribution in [3.05, 3.63) is 65.1 Å². The highest BCUT2D eigenvalue weighted by Crippen LogP contribution is 2.21. The van der Waals surface area contributed by atoms with Crippen LogP contribution in [-0.4, -0.2) is 21.1 Å². The summed E-state index contributed by atoms with van der Waals surface area (Å²) < 4.78 is 1.96. The lowest BCUT2D eigenvalue weighted by Crippen LogP contribution is -2.22. The molecule has 0 atom stereocenters. The third-order valence-corrected chi connectivity index (χ3v) is 3.71. The summed E-state index contributed by atoms with van der Waals surface area (Å²) in [4.78, 5) is 20.2. The van der Waals surface area contributed by atoms with E-state index >= 15 is 0 Å². The van der Waals surface area contributed by atoms with Gasteiger partial charge >= 0.3 is 0 Å². The minimum atomic E-state index is -1.23. The summed E-state index contributed by atoms with van der Waals surface area (Å²) in [6.45, 7) is 5.78. The number of carbonyl (C=O) groups excluding carboxylic acids is 1. The van der Waals surface area contributed by atoms with E-state index in [1.165, 1.54) is 6.07 Å². The number of carbonyl (C=O) groups is 1. The lowest BCUT2D eigenvalue weighted by molar-refractivity contribution is -0.254. The number of para-hydroxylation sites is 1. The Morgan fingerprint density at radius 1 is 1.22 bits per heavy atom. The lowest BCUT2D eigenvalue weighted by Gasteiger charge is -2.08. The van der Waals surface area contributed by atoms with Crippen molar-refractivity contribution in [3.63, 3.8) is 0 Å². The first-order valence-corrected chi connectivity index (χ1v) is 7.28.